The minimum absolute atomic E-state index is 0.0164. The van der Waals surface area contributed by atoms with Crippen molar-refractivity contribution >= 4 is 11.7 Å². The van der Waals surface area contributed by atoms with Crippen molar-refractivity contribution in [1.82, 2.24) is 15.0 Å². The van der Waals surface area contributed by atoms with Gasteiger partial charge in [-0.25, -0.2) is 4.98 Å². The van der Waals surface area contributed by atoms with Gasteiger partial charge in [0.15, 0.2) is 0 Å². The van der Waals surface area contributed by atoms with Gasteiger partial charge in [-0.15, -0.1) is 5.11 Å². The van der Waals surface area contributed by atoms with Gasteiger partial charge in [0, 0.05) is 14.1 Å². The molecule has 0 aromatic carbocycles. The Hall–Kier alpha value is -1.92. The zero-order valence-electron chi connectivity index (χ0n) is 8.98. The first kappa shape index (κ1) is 11.2. The second kappa shape index (κ2) is 5.08. The molecule has 0 saturated heterocycles. The van der Waals surface area contributed by atoms with Crippen LogP contribution in [0.25, 0.3) is 0 Å². The first-order valence-electron chi connectivity index (χ1n) is 4.49. The van der Waals surface area contributed by atoms with E-state index in [0.717, 1.165) is 0 Å². The third-order valence-electron chi connectivity index (χ3n) is 1.45. The Labute approximate surface area is 87.7 Å². The molecule has 15 heavy (non-hydrogen) atoms. The van der Waals surface area contributed by atoms with Crippen LogP contribution in [0.4, 0.5) is 5.82 Å². The molecule has 1 rings (SSSR count). The molecule has 0 aliphatic carbocycles. The lowest BCUT2D eigenvalue weighted by molar-refractivity contribution is 0.324. The van der Waals surface area contributed by atoms with Crippen LogP contribution in [0, 0.1) is 5.41 Å². The van der Waals surface area contributed by atoms with Gasteiger partial charge in [0.2, 0.25) is 11.7 Å². The van der Waals surface area contributed by atoms with E-state index in [1.807, 2.05) is 6.92 Å². The molecule has 0 fully saturated rings. The smallest absolute Gasteiger partial charge is 0.234 e. The number of nitrogens with one attached hydrogen (secondary N) is 2. The van der Waals surface area contributed by atoms with Crippen LogP contribution in [0.3, 0.4) is 0 Å². The third kappa shape index (κ3) is 3.04. The molecule has 1 aromatic heterocycles. The number of nitrogens with zero attached hydrogens (tertiary/aromatic N) is 4. The lowest BCUT2D eigenvalue weighted by atomic mass is 10.4. The highest BCUT2D eigenvalue weighted by Crippen LogP contribution is 2.14. The van der Waals surface area contributed by atoms with Gasteiger partial charge in [0.25, 0.3) is 0 Å². The van der Waals surface area contributed by atoms with Crippen LogP contribution in [0.1, 0.15) is 12.6 Å². The molecule has 7 heteroatoms. The summed E-state index contributed by atoms with van der Waals surface area (Å²) in [5.74, 6) is 0.366. The van der Waals surface area contributed by atoms with Gasteiger partial charge in [0.1, 0.15) is 5.69 Å². The summed E-state index contributed by atoms with van der Waals surface area (Å²) in [5, 5.41) is 16.8. The zero-order valence-corrected chi connectivity index (χ0v) is 8.98. The van der Waals surface area contributed by atoms with Crippen molar-refractivity contribution in [2.24, 2.45) is 10.3 Å². The average Bonchev–Trinajstić information content (AvgIpc) is 2.62. The summed E-state index contributed by atoms with van der Waals surface area (Å²) < 4.78 is 5.03. The molecule has 0 atom stereocenters. The van der Waals surface area contributed by atoms with E-state index >= 15 is 0 Å². The first-order valence-corrected chi connectivity index (χ1v) is 4.49. The molecule has 1 aromatic rings. The number of ether oxygens (including phenoxy) is 1. The summed E-state index contributed by atoms with van der Waals surface area (Å²) in [7, 11) is 3.51. The fraction of sp³-hybridized carbons (Fsp3) is 0.500. The van der Waals surface area contributed by atoms with Crippen LogP contribution in [-0.4, -0.2) is 41.6 Å². The lowest BCUT2D eigenvalue weighted by Gasteiger charge is -2.03. The molecule has 0 unspecified atom stereocenters. The zero-order chi connectivity index (χ0) is 11.3. The van der Waals surface area contributed by atoms with Crippen molar-refractivity contribution in [1.29, 1.82) is 5.41 Å². The summed E-state index contributed by atoms with van der Waals surface area (Å²) >= 11 is 0. The standard InChI is InChI=1S/C8H14N6O/c1-4-15-7(9)6-8(11-5-10-6)12-13-14(2)3/h5,9H,4H2,1-3H3,(H,10,11)/b9-7?,13-12+. The largest absolute Gasteiger partial charge is 0.477 e. The molecular formula is C8H14N6O. The Morgan fingerprint density at radius 3 is 3.00 bits per heavy atom. The fourth-order valence-electron chi connectivity index (χ4n) is 0.878. The van der Waals surface area contributed by atoms with E-state index < -0.39 is 0 Å². The molecule has 2 N–H and O–H groups in total. The van der Waals surface area contributed by atoms with Gasteiger partial charge in [-0.1, -0.05) is 5.22 Å². The number of aromatic nitrogens is 2. The number of imidazole rings is 1. The summed E-state index contributed by atoms with van der Waals surface area (Å²) in [6, 6.07) is 0. The van der Waals surface area contributed by atoms with Crippen LogP contribution in [0.2, 0.25) is 0 Å². The second-order valence-corrected chi connectivity index (χ2v) is 2.90. The van der Waals surface area contributed by atoms with Crippen LogP contribution in [0.5, 0.6) is 0 Å². The summed E-state index contributed by atoms with van der Waals surface area (Å²) in [5.41, 5.74) is 0.433. The van der Waals surface area contributed by atoms with E-state index in [0.29, 0.717) is 18.1 Å². The number of hydrogen-bond acceptors (Lipinski definition) is 5. The second-order valence-electron chi connectivity index (χ2n) is 2.90. The van der Waals surface area contributed by atoms with E-state index in [2.05, 4.69) is 20.3 Å². The van der Waals surface area contributed by atoms with Gasteiger partial charge < -0.3 is 9.72 Å². The van der Waals surface area contributed by atoms with Crippen molar-refractivity contribution in [2.75, 3.05) is 20.7 Å². The van der Waals surface area contributed by atoms with Gasteiger partial charge in [-0.05, 0) is 6.92 Å². The van der Waals surface area contributed by atoms with Crippen molar-refractivity contribution in [3.63, 3.8) is 0 Å². The minimum atomic E-state index is 0.0164. The van der Waals surface area contributed by atoms with E-state index in [1.165, 1.54) is 6.33 Å². The Morgan fingerprint density at radius 2 is 2.40 bits per heavy atom. The van der Waals surface area contributed by atoms with Crippen molar-refractivity contribution in [3.05, 3.63) is 12.0 Å². The maximum Gasteiger partial charge on any atom is 0.234 e. The molecule has 0 amide bonds. The highest BCUT2D eigenvalue weighted by atomic mass is 16.5. The van der Waals surface area contributed by atoms with Crippen molar-refractivity contribution in [2.45, 2.75) is 6.92 Å². The van der Waals surface area contributed by atoms with Gasteiger partial charge in [0.05, 0.1) is 12.9 Å². The van der Waals surface area contributed by atoms with Gasteiger partial charge >= 0.3 is 0 Å². The monoisotopic (exact) mass is 210 g/mol. The SMILES string of the molecule is CCOC(=N)c1[nH]cnc1/N=N/N(C)C. The lowest BCUT2D eigenvalue weighted by Crippen LogP contribution is -2.05. The quantitative estimate of drug-likeness (QED) is 0.340. The number of rotatable bonds is 4. The summed E-state index contributed by atoms with van der Waals surface area (Å²) in [6.45, 7) is 2.24. The topological polar surface area (TPSA) is 89.7 Å². The Morgan fingerprint density at radius 1 is 1.67 bits per heavy atom. The normalized spacial score (nSPS) is 10.6. The average molecular weight is 210 g/mol. The number of H-pyrrole nitrogens is 1. The summed E-state index contributed by atoms with van der Waals surface area (Å²) in [4.78, 5) is 6.71. The van der Waals surface area contributed by atoms with Gasteiger partial charge in [-0.2, -0.15) is 0 Å². The van der Waals surface area contributed by atoms with E-state index in [1.54, 1.807) is 19.1 Å². The molecule has 0 aliphatic rings. The van der Waals surface area contributed by atoms with Crippen LogP contribution in [0.15, 0.2) is 16.7 Å². The van der Waals surface area contributed by atoms with E-state index in [4.69, 9.17) is 10.1 Å². The molecule has 1 heterocycles. The van der Waals surface area contributed by atoms with Gasteiger partial charge in [-0.3, -0.25) is 10.4 Å². The highest BCUT2D eigenvalue weighted by molar-refractivity contribution is 5.93. The molecule has 0 bridgehead atoms. The van der Waals surface area contributed by atoms with E-state index in [-0.39, 0.29) is 5.90 Å². The Balaban J connectivity index is 2.82. The van der Waals surface area contributed by atoms with E-state index in [9.17, 15) is 0 Å². The van der Waals surface area contributed by atoms with Crippen molar-refractivity contribution < 1.29 is 4.74 Å². The Kier molecular flexibility index (Phi) is 3.78. The van der Waals surface area contributed by atoms with Crippen LogP contribution >= 0.6 is 0 Å². The molecule has 0 radical (unpaired) electrons. The number of aromatic amines is 1. The van der Waals surface area contributed by atoms with Crippen molar-refractivity contribution in [3.8, 4) is 0 Å². The Bertz CT molecular complexity index is 356. The summed E-state index contributed by atoms with van der Waals surface area (Å²) in [6.07, 6.45) is 1.45. The van der Waals surface area contributed by atoms with Crippen LogP contribution < -0.4 is 0 Å². The molecular weight excluding hydrogens is 196 g/mol. The predicted molar refractivity (Wildman–Crippen MR) is 55.2 cm³/mol. The maximum atomic E-state index is 7.56. The first-order chi connectivity index (χ1) is 7.15. The predicted octanol–water partition coefficient (Wildman–Crippen LogP) is 1.33. The highest BCUT2D eigenvalue weighted by Gasteiger charge is 2.11. The number of hydrogen-bond donors (Lipinski definition) is 2. The molecule has 0 aliphatic heterocycles. The third-order valence-corrected chi connectivity index (χ3v) is 1.45. The molecule has 7 nitrogen and oxygen atoms in total. The fourth-order valence-corrected chi connectivity index (χ4v) is 0.878. The maximum absolute atomic E-state index is 7.56. The molecule has 0 saturated carbocycles. The molecule has 0 spiro atoms. The van der Waals surface area contributed by atoms with Crippen LogP contribution in [-0.2, 0) is 4.74 Å². The minimum Gasteiger partial charge on any atom is -0.477 e. The molecule has 82 valence electrons.